The van der Waals surface area contributed by atoms with Gasteiger partial charge in [0.25, 0.3) is 0 Å². The Morgan fingerprint density at radius 3 is 3.00 bits per heavy atom. The highest BCUT2D eigenvalue weighted by atomic mass is 16.3. The fourth-order valence-electron chi connectivity index (χ4n) is 1.02. The molecule has 11 heavy (non-hydrogen) atoms. The highest BCUT2D eigenvalue weighted by Crippen LogP contribution is 2.17. The predicted octanol–water partition coefficient (Wildman–Crippen LogP) is 1.68. The zero-order valence-corrected chi connectivity index (χ0v) is 6.19. The fourth-order valence-corrected chi connectivity index (χ4v) is 1.02. The third-order valence-corrected chi connectivity index (χ3v) is 1.59. The second-order valence-corrected chi connectivity index (χ2v) is 2.37. The van der Waals surface area contributed by atoms with Crippen molar-refractivity contribution in [3.8, 4) is 11.5 Å². The van der Waals surface area contributed by atoms with Crippen LogP contribution in [0.3, 0.4) is 0 Å². The van der Waals surface area contributed by atoms with Crippen molar-refractivity contribution >= 4 is 0 Å². The van der Waals surface area contributed by atoms with Gasteiger partial charge in [-0.1, -0.05) is 0 Å². The minimum absolute atomic E-state index is 0.852. The van der Waals surface area contributed by atoms with Crippen molar-refractivity contribution in [2.75, 3.05) is 0 Å². The van der Waals surface area contributed by atoms with E-state index in [9.17, 15) is 0 Å². The minimum Gasteiger partial charge on any atom is -0.463 e. The maximum absolute atomic E-state index is 5.20. The smallest absolute Gasteiger partial charge is 0.151 e. The van der Waals surface area contributed by atoms with E-state index < -0.39 is 0 Å². The van der Waals surface area contributed by atoms with E-state index in [0.717, 1.165) is 11.5 Å². The topological polar surface area (TPSA) is 31.0 Å². The molecule has 0 aliphatic carbocycles. The van der Waals surface area contributed by atoms with Crippen LogP contribution in [0.25, 0.3) is 11.5 Å². The molecule has 2 rings (SSSR count). The molecule has 0 saturated heterocycles. The van der Waals surface area contributed by atoms with Crippen LogP contribution in [0.15, 0.2) is 35.3 Å². The van der Waals surface area contributed by atoms with Crippen LogP contribution in [0, 0.1) is 0 Å². The Morgan fingerprint density at radius 2 is 2.45 bits per heavy atom. The first kappa shape index (κ1) is 6.22. The van der Waals surface area contributed by atoms with E-state index in [1.165, 1.54) is 0 Å². The molecule has 0 unspecified atom stereocenters. The van der Waals surface area contributed by atoms with E-state index in [-0.39, 0.29) is 0 Å². The summed E-state index contributed by atoms with van der Waals surface area (Å²) in [4.78, 5) is 3.98. The summed E-state index contributed by atoms with van der Waals surface area (Å²) < 4.78 is 7.11. The van der Waals surface area contributed by atoms with E-state index in [0.29, 0.717) is 0 Å². The summed E-state index contributed by atoms with van der Waals surface area (Å²) in [6.45, 7) is 0. The number of aryl methyl sites for hydroxylation is 1. The molecule has 0 amide bonds. The van der Waals surface area contributed by atoms with E-state index >= 15 is 0 Å². The van der Waals surface area contributed by atoms with Crippen LogP contribution in [-0.4, -0.2) is 9.55 Å². The minimum atomic E-state index is 0.852. The Morgan fingerprint density at radius 1 is 1.55 bits per heavy atom. The summed E-state index contributed by atoms with van der Waals surface area (Å²) in [5, 5.41) is 0. The molecular weight excluding hydrogens is 140 g/mol. The number of aromatic nitrogens is 2. The highest BCUT2D eigenvalue weighted by molar-refractivity contribution is 5.50. The van der Waals surface area contributed by atoms with E-state index in [4.69, 9.17) is 4.42 Å². The summed E-state index contributed by atoms with van der Waals surface area (Å²) in [6, 6.07) is 3.78. The van der Waals surface area contributed by atoms with Gasteiger partial charge in [0.2, 0.25) is 0 Å². The van der Waals surface area contributed by atoms with E-state index in [1.54, 1.807) is 18.8 Å². The summed E-state index contributed by atoms with van der Waals surface area (Å²) in [6.07, 6.45) is 5.18. The van der Waals surface area contributed by atoms with Gasteiger partial charge in [0.1, 0.15) is 5.69 Å². The Hall–Kier alpha value is -1.51. The second-order valence-electron chi connectivity index (χ2n) is 2.37. The van der Waals surface area contributed by atoms with Crippen molar-refractivity contribution in [2.45, 2.75) is 0 Å². The zero-order chi connectivity index (χ0) is 7.68. The second kappa shape index (κ2) is 2.27. The van der Waals surface area contributed by atoms with Crippen molar-refractivity contribution in [3.63, 3.8) is 0 Å². The predicted molar refractivity (Wildman–Crippen MR) is 40.9 cm³/mol. The van der Waals surface area contributed by atoms with E-state index in [1.807, 2.05) is 23.7 Å². The Labute approximate surface area is 64.3 Å². The summed E-state index contributed by atoms with van der Waals surface area (Å²) in [5.41, 5.74) is 0.995. The fraction of sp³-hybridized carbons (Fsp3) is 0.125. The van der Waals surface area contributed by atoms with Gasteiger partial charge in [0.05, 0.1) is 18.8 Å². The zero-order valence-electron chi connectivity index (χ0n) is 6.19. The van der Waals surface area contributed by atoms with Gasteiger partial charge in [0.15, 0.2) is 5.76 Å². The number of imidazole rings is 1. The molecule has 0 aliphatic heterocycles. The van der Waals surface area contributed by atoms with Gasteiger partial charge < -0.3 is 8.98 Å². The molecule has 0 bridgehead atoms. The normalized spacial score (nSPS) is 10.3. The van der Waals surface area contributed by atoms with Gasteiger partial charge in [-0.2, -0.15) is 0 Å². The van der Waals surface area contributed by atoms with Gasteiger partial charge in [-0.05, 0) is 12.1 Å². The third-order valence-electron chi connectivity index (χ3n) is 1.59. The molecule has 0 atom stereocenters. The molecule has 0 radical (unpaired) electrons. The maximum atomic E-state index is 5.20. The lowest BCUT2D eigenvalue weighted by Crippen LogP contribution is -1.86. The SMILES string of the molecule is Cn1cncc1-c1ccco1. The molecule has 0 fully saturated rings. The van der Waals surface area contributed by atoms with Gasteiger partial charge in [0, 0.05) is 7.05 Å². The number of nitrogens with zero attached hydrogens (tertiary/aromatic N) is 2. The van der Waals surface area contributed by atoms with Gasteiger partial charge in [-0.15, -0.1) is 0 Å². The van der Waals surface area contributed by atoms with Crippen molar-refractivity contribution < 1.29 is 4.42 Å². The van der Waals surface area contributed by atoms with Crippen molar-refractivity contribution in [2.24, 2.45) is 7.05 Å². The first-order valence-electron chi connectivity index (χ1n) is 3.38. The molecule has 3 nitrogen and oxygen atoms in total. The van der Waals surface area contributed by atoms with Crippen LogP contribution < -0.4 is 0 Å². The Bertz CT molecular complexity index is 335. The molecule has 0 saturated carbocycles. The average Bonchev–Trinajstić information content (AvgIpc) is 2.55. The van der Waals surface area contributed by atoms with Crippen molar-refractivity contribution in [3.05, 3.63) is 30.9 Å². The van der Waals surface area contributed by atoms with E-state index in [2.05, 4.69) is 4.98 Å². The van der Waals surface area contributed by atoms with Gasteiger partial charge in [-0.25, -0.2) is 4.98 Å². The van der Waals surface area contributed by atoms with Crippen LogP contribution >= 0.6 is 0 Å². The molecule has 2 aromatic rings. The molecule has 0 spiro atoms. The third kappa shape index (κ3) is 0.941. The van der Waals surface area contributed by atoms with Crippen LogP contribution in [-0.2, 0) is 7.05 Å². The van der Waals surface area contributed by atoms with Crippen molar-refractivity contribution in [1.29, 1.82) is 0 Å². The monoisotopic (exact) mass is 148 g/mol. The molecule has 2 aromatic heterocycles. The lowest BCUT2D eigenvalue weighted by Gasteiger charge is -1.94. The molecule has 0 aliphatic rings. The molecule has 0 N–H and O–H groups in total. The number of furan rings is 1. The summed E-state index contributed by atoms with van der Waals surface area (Å²) in [5.74, 6) is 0.852. The van der Waals surface area contributed by atoms with Crippen LogP contribution in [0.5, 0.6) is 0 Å². The number of hydrogen-bond acceptors (Lipinski definition) is 2. The maximum Gasteiger partial charge on any atom is 0.151 e. The standard InChI is InChI=1S/C8H8N2O/c1-10-6-9-5-7(10)8-3-2-4-11-8/h2-6H,1H3. The van der Waals surface area contributed by atoms with Gasteiger partial charge in [-0.3, -0.25) is 0 Å². The lowest BCUT2D eigenvalue weighted by atomic mass is 10.3. The largest absolute Gasteiger partial charge is 0.463 e. The number of rotatable bonds is 1. The lowest BCUT2D eigenvalue weighted by molar-refractivity contribution is 0.577. The van der Waals surface area contributed by atoms with Crippen molar-refractivity contribution in [1.82, 2.24) is 9.55 Å². The molecule has 0 aromatic carbocycles. The summed E-state index contributed by atoms with van der Waals surface area (Å²) >= 11 is 0. The summed E-state index contributed by atoms with van der Waals surface area (Å²) in [7, 11) is 1.94. The Kier molecular flexibility index (Phi) is 1.28. The molecule has 2 heterocycles. The Balaban J connectivity index is 2.53. The highest BCUT2D eigenvalue weighted by Gasteiger charge is 2.02. The first-order valence-corrected chi connectivity index (χ1v) is 3.38. The quantitative estimate of drug-likeness (QED) is 0.616. The van der Waals surface area contributed by atoms with Gasteiger partial charge >= 0.3 is 0 Å². The van der Waals surface area contributed by atoms with Crippen LogP contribution in [0.1, 0.15) is 0 Å². The average molecular weight is 148 g/mol. The molecule has 3 heteroatoms. The first-order chi connectivity index (χ1) is 5.38. The molecule has 56 valence electrons. The van der Waals surface area contributed by atoms with Crippen LogP contribution in [0.2, 0.25) is 0 Å². The molecular formula is C8H8N2O. The van der Waals surface area contributed by atoms with Crippen LogP contribution in [0.4, 0.5) is 0 Å². The number of hydrogen-bond donors (Lipinski definition) is 0.